The molecule has 0 amide bonds. The zero-order valence-electron chi connectivity index (χ0n) is 46.7. The molecule has 0 unspecified atom stereocenters. The molecule has 80 heavy (non-hydrogen) atoms. The molecule has 3 saturated heterocycles. The predicted molar refractivity (Wildman–Crippen MR) is 317 cm³/mol. The largest absolute Gasteiger partial charge is 0.377 e. The van der Waals surface area contributed by atoms with Crippen LogP contribution in [-0.4, -0.2) is 244 Å². The summed E-state index contributed by atoms with van der Waals surface area (Å²) < 4.78 is 84.1. The Morgan fingerprint density at radius 1 is 0.325 bits per heavy atom. The van der Waals surface area contributed by atoms with Gasteiger partial charge in [-0.15, -0.1) is 6.42 Å². The van der Waals surface area contributed by atoms with Crippen molar-refractivity contribution in [3.05, 3.63) is 92.9 Å². The van der Waals surface area contributed by atoms with Crippen LogP contribution in [-0.2, 0) is 71.1 Å². The minimum Gasteiger partial charge on any atom is -0.377 e. The number of carbonyl (C=O) groups is 1. The van der Waals surface area contributed by atoms with Crippen LogP contribution in [0.4, 0.5) is 17.1 Å². The van der Waals surface area contributed by atoms with Crippen LogP contribution in [0.15, 0.2) is 76.2 Å². The van der Waals surface area contributed by atoms with E-state index in [0.717, 1.165) is 77.1 Å². The van der Waals surface area contributed by atoms with E-state index in [1.54, 1.807) is 0 Å². The Morgan fingerprint density at radius 2 is 0.525 bits per heavy atom. The fourth-order valence-corrected chi connectivity index (χ4v) is 8.07. The van der Waals surface area contributed by atoms with E-state index in [2.05, 4.69) is 76.7 Å². The van der Waals surface area contributed by atoms with Gasteiger partial charge in [-0.05, 0) is 104 Å². The standard InChI is InChI=1S/C20H29Br2NO5.C20H29NO5.C19H29NO6/c21-20(22)17-18-1-3-19(4-2-18)23-5-7-24-9-11-26-13-15-28-16-14-27-12-10-25-8-6-23;1-2-19-3-5-20(6-4-19)21-7-9-22-11-13-24-15-17-26-18-16-25-14-12-23-10-8-21;21-17-18-1-3-19(4-2-18)20-5-7-22-9-11-24-13-15-26-16-14-25-12-10-23-8-6-20/h1-4,17H,5-16H2;1,3-6H,7-18H2;1-4,17H,5-16H2. The van der Waals surface area contributed by atoms with Crippen LogP contribution in [0.5, 0.6) is 0 Å². The highest BCUT2D eigenvalue weighted by Gasteiger charge is 2.11. The zero-order valence-corrected chi connectivity index (χ0v) is 49.9. The van der Waals surface area contributed by atoms with Gasteiger partial charge >= 0.3 is 0 Å². The lowest BCUT2D eigenvalue weighted by molar-refractivity contribution is -0.0116. The normalized spacial score (nSPS) is 19.8. The van der Waals surface area contributed by atoms with Crippen LogP contribution in [0.25, 0.3) is 6.08 Å². The van der Waals surface area contributed by atoms with E-state index in [1.807, 2.05) is 54.6 Å². The Hall–Kier alpha value is -3.61. The molecule has 0 aliphatic carbocycles. The molecule has 3 heterocycles. The topological polar surface area (TPSA) is 165 Å². The fourth-order valence-electron chi connectivity index (χ4n) is 7.54. The summed E-state index contributed by atoms with van der Waals surface area (Å²) in [5.41, 5.74) is 5.97. The molecule has 3 aromatic carbocycles. The lowest BCUT2D eigenvalue weighted by Gasteiger charge is -2.25. The van der Waals surface area contributed by atoms with Crippen molar-refractivity contribution >= 4 is 61.3 Å². The van der Waals surface area contributed by atoms with E-state index >= 15 is 0 Å². The van der Waals surface area contributed by atoms with E-state index in [1.165, 1.54) is 0 Å². The third kappa shape index (κ3) is 35.4. The fraction of sp³-hybridized carbons (Fsp3) is 0.610. The number of aldehydes is 1. The Balaban J connectivity index is 0.000000259. The summed E-state index contributed by atoms with van der Waals surface area (Å²) in [6.45, 7) is 21.9. The van der Waals surface area contributed by atoms with Crippen molar-refractivity contribution in [2.75, 3.05) is 252 Å². The quantitative estimate of drug-likeness (QED) is 0.197. The maximum atomic E-state index is 10.8. The van der Waals surface area contributed by atoms with E-state index in [-0.39, 0.29) is 0 Å². The number of nitrogens with zero attached hydrogens (tertiary/aromatic N) is 3. The van der Waals surface area contributed by atoms with E-state index in [4.69, 9.17) is 77.5 Å². The monoisotopic (exact) mass is 1250 g/mol. The average Bonchev–Trinajstić information content (AvgIpc) is 3.48. The number of hydrogen-bond donors (Lipinski definition) is 0. The predicted octanol–water partition coefficient (Wildman–Crippen LogP) is 6.65. The van der Waals surface area contributed by atoms with Gasteiger partial charge < -0.3 is 85.8 Å². The van der Waals surface area contributed by atoms with E-state index < -0.39 is 0 Å². The van der Waals surface area contributed by atoms with Gasteiger partial charge in [-0.2, -0.15) is 0 Å². The van der Waals surface area contributed by atoms with Gasteiger partial charge in [0.1, 0.15) is 6.29 Å². The first-order valence-electron chi connectivity index (χ1n) is 27.7. The Bertz CT molecular complexity index is 1950. The van der Waals surface area contributed by atoms with Crippen molar-refractivity contribution in [3.8, 4) is 12.3 Å². The minimum atomic E-state index is 0.553. The molecule has 3 aliphatic heterocycles. The molecule has 0 saturated carbocycles. The maximum Gasteiger partial charge on any atom is 0.150 e. The second kappa shape index (κ2) is 48.9. The first-order chi connectivity index (χ1) is 39.6. The highest BCUT2D eigenvalue weighted by molar-refractivity contribution is 9.28. The zero-order chi connectivity index (χ0) is 56.4. The molecule has 0 aromatic heterocycles. The smallest absolute Gasteiger partial charge is 0.150 e. The lowest BCUT2D eigenvalue weighted by Crippen LogP contribution is -2.31. The number of terminal acetylenes is 1. The summed E-state index contributed by atoms with van der Waals surface area (Å²) in [5.74, 6) is 2.64. The molecular weight excluding hydrogens is 1170 g/mol. The minimum absolute atomic E-state index is 0.553. The summed E-state index contributed by atoms with van der Waals surface area (Å²) in [6, 6.07) is 23.9. The number of benzene rings is 3. The first kappa shape index (κ1) is 68.9. The highest BCUT2D eigenvalue weighted by atomic mass is 79.9. The Labute approximate surface area is 492 Å². The number of halogens is 2. The third-order valence-corrected chi connectivity index (χ3v) is 12.3. The average molecular weight is 1250 g/mol. The van der Waals surface area contributed by atoms with Crippen molar-refractivity contribution in [2.24, 2.45) is 0 Å². The summed E-state index contributed by atoms with van der Waals surface area (Å²) in [5, 5.41) is 0. The molecule has 0 N–H and O–H groups in total. The highest BCUT2D eigenvalue weighted by Crippen LogP contribution is 2.21. The van der Waals surface area contributed by atoms with Crippen molar-refractivity contribution in [2.45, 2.75) is 0 Å². The molecule has 0 spiro atoms. The van der Waals surface area contributed by atoms with Crippen LogP contribution in [0.2, 0.25) is 0 Å². The Morgan fingerprint density at radius 3 is 0.725 bits per heavy atom. The summed E-state index contributed by atoms with van der Waals surface area (Å²) >= 11 is 6.79. The van der Waals surface area contributed by atoms with Crippen molar-refractivity contribution in [1.82, 2.24) is 0 Å². The van der Waals surface area contributed by atoms with Gasteiger partial charge in [0.25, 0.3) is 0 Å². The number of ether oxygens (including phenoxy) is 15. The lowest BCUT2D eigenvalue weighted by atomic mass is 10.2. The van der Waals surface area contributed by atoms with Gasteiger partial charge in [0.05, 0.1) is 202 Å². The van der Waals surface area contributed by atoms with Crippen molar-refractivity contribution in [1.29, 1.82) is 0 Å². The molecule has 3 aliphatic rings. The van der Waals surface area contributed by atoms with Crippen LogP contribution in [0.3, 0.4) is 0 Å². The molecule has 448 valence electrons. The van der Waals surface area contributed by atoms with Gasteiger partial charge in [-0.3, -0.25) is 4.79 Å². The number of hydrogen-bond acceptors (Lipinski definition) is 19. The SMILES string of the molecule is BrC(Br)=Cc1ccc(N2CCOCCOCCOCCOCCOCC2)cc1.C#Cc1ccc(N2CCOCCOCCOCCOCCOCC2)cc1.O=Cc1ccc(N2CCOCCOCCOCCOCCOCC2)cc1. The number of anilines is 3. The summed E-state index contributed by atoms with van der Waals surface area (Å²) in [4.78, 5) is 17.5. The molecule has 0 bridgehead atoms. The van der Waals surface area contributed by atoms with Gasteiger partial charge in [0.2, 0.25) is 0 Å². The van der Waals surface area contributed by atoms with Crippen LogP contribution in [0.1, 0.15) is 21.5 Å². The third-order valence-electron chi connectivity index (χ3n) is 11.8. The summed E-state index contributed by atoms with van der Waals surface area (Å²) in [7, 11) is 0. The van der Waals surface area contributed by atoms with Crippen LogP contribution < -0.4 is 14.7 Å². The number of rotatable bonds is 5. The molecule has 6 rings (SSSR count). The molecular formula is C59H87Br2N3O16. The van der Waals surface area contributed by atoms with Crippen molar-refractivity contribution < 1.29 is 75.8 Å². The molecule has 21 heteroatoms. The van der Waals surface area contributed by atoms with E-state index in [9.17, 15) is 4.79 Å². The molecule has 3 aromatic rings. The van der Waals surface area contributed by atoms with Crippen molar-refractivity contribution in [3.63, 3.8) is 0 Å². The van der Waals surface area contributed by atoms with Gasteiger partial charge in [-0.25, -0.2) is 0 Å². The molecule has 0 atom stereocenters. The second-order valence-corrected chi connectivity index (χ2v) is 20.3. The first-order valence-corrected chi connectivity index (χ1v) is 29.3. The van der Waals surface area contributed by atoms with Gasteiger partial charge in [-0.1, -0.05) is 18.1 Å². The second-order valence-electron chi connectivity index (χ2n) is 17.6. The summed E-state index contributed by atoms with van der Waals surface area (Å²) in [6.07, 6.45) is 8.29. The molecule has 3 fully saturated rings. The molecule has 19 nitrogen and oxygen atoms in total. The van der Waals surface area contributed by atoms with Gasteiger partial charge in [0.15, 0.2) is 0 Å². The van der Waals surface area contributed by atoms with E-state index in [0.29, 0.717) is 204 Å². The Kier molecular flexibility index (Phi) is 42.1. The van der Waals surface area contributed by atoms with Crippen LogP contribution in [0, 0.1) is 12.3 Å². The number of carbonyl (C=O) groups excluding carboxylic acids is 1. The van der Waals surface area contributed by atoms with Gasteiger partial charge in [0, 0.05) is 67.5 Å². The van der Waals surface area contributed by atoms with Crippen LogP contribution >= 0.6 is 31.9 Å². The molecule has 0 radical (unpaired) electrons. The maximum absolute atomic E-state index is 10.8.